The molecule has 0 aliphatic rings. The van der Waals surface area contributed by atoms with Gasteiger partial charge in [0, 0.05) is 29.7 Å². The zero-order valence-corrected chi connectivity index (χ0v) is 14.0. The summed E-state index contributed by atoms with van der Waals surface area (Å²) in [6.45, 7) is 2.04. The standard InChI is InChI=1S/C21H18N2O2/c1-3-16-5-4-6-18(13-16)23-20(24)11-12-21-22-14-19(25-21)17-9-7-15(2)8-10-17/h1,4-10,13-14H,11-12H2,2H3,(H,23,24). The van der Waals surface area contributed by atoms with Gasteiger partial charge in [0.2, 0.25) is 5.91 Å². The lowest BCUT2D eigenvalue weighted by Gasteiger charge is -2.04. The molecule has 0 radical (unpaired) electrons. The van der Waals surface area contributed by atoms with Crippen LogP contribution in [0.4, 0.5) is 5.69 Å². The average Bonchev–Trinajstić information content (AvgIpc) is 3.10. The van der Waals surface area contributed by atoms with Crippen LogP contribution in [0.2, 0.25) is 0 Å². The Morgan fingerprint density at radius 3 is 2.80 bits per heavy atom. The number of anilines is 1. The number of hydrogen-bond acceptors (Lipinski definition) is 3. The maximum absolute atomic E-state index is 12.1. The van der Waals surface area contributed by atoms with Crippen molar-refractivity contribution in [1.82, 2.24) is 4.98 Å². The average molecular weight is 330 g/mol. The molecule has 1 aromatic heterocycles. The van der Waals surface area contributed by atoms with Crippen molar-refractivity contribution in [3.05, 3.63) is 71.7 Å². The molecule has 124 valence electrons. The van der Waals surface area contributed by atoms with Gasteiger partial charge in [0.05, 0.1) is 6.20 Å². The van der Waals surface area contributed by atoms with Gasteiger partial charge in [-0.3, -0.25) is 4.79 Å². The summed E-state index contributed by atoms with van der Waals surface area (Å²) >= 11 is 0. The molecule has 3 aromatic rings. The Kier molecular flexibility index (Phi) is 4.96. The SMILES string of the molecule is C#Cc1cccc(NC(=O)CCc2ncc(-c3ccc(C)cc3)o2)c1. The van der Waals surface area contributed by atoms with Crippen molar-refractivity contribution in [3.63, 3.8) is 0 Å². The van der Waals surface area contributed by atoms with Crippen molar-refractivity contribution in [2.24, 2.45) is 0 Å². The highest BCUT2D eigenvalue weighted by Crippen LogP contribution is 2.21. The van der Waals surface area contributed by atoms with E-state index in [9.17, 15) is 4.79 Å². The van der Waals surface area contributed by atoms with E-state index in [1.807, 2.05) is 43.3 Å². The molecule has 0 aliphatic carbocycles. The number of terminal acetylenes is 1. The first-order valence-corrected chi connectivity index (χ1v) is 8.02. The molecule has 0 fully saturated rings. The van der Waals surface area contributed by atoms with Crippen LogP contribution in [0.5, 0.6) is 0 Å². The van der Waals surface area contributed by atoms with Crippen molar-refractivity contribution >= 4 is 11.6 Å². The second-order valence-corrected chi connectivity index (χ2v) is 5.76. The molecule has 0 saturated heterocycles. The molecular formula is C21H18N2O2. The molecular weight excluding hydrogens is 312 g/mol. The van der Waals surface area contributed by atoms with E-state index in [-0.39, 0.29) is 12.3 Å². The predicted octanol–water partition coefficient (Wildman–Crippen LogP) is 4.20. The van der Waals surface area contributed by atoms with E-state index in [1.54, 1.807) is 18.3 Å². The van der Waals surface area contributed by atoms with Gasteiger partial charge >= 0.3 is 0 Å². The second-order valence-electron chi connectivity index (χ2n) is 5.76. The minimum absolute atomic E-state index is 0.107. The molecule has 1 heterocycles. The number of benzene rings is 2. The molecule has 1 amide bonds. The highest BCUT2D eigenvalue weighted by molar-refractivity contribution is 5.90. The van der Waals surface area contributed by atoms with Crippen LogP contribution in [0, 0.1) is 19.3 Å². The summed E-state index contributed by atoms with van der Waals surface area (Å²) in [5.41, 5.74) is 3.58. The van der Waals surface area contributed by atoms with Crippen molar-refractivity contribution in [3.8, 4) is 23.7 Å². The van der Waals surface area contributed by atoms with Crippen molar-refractivity contribution < 1.29 is 9.21 Å². The number of nitrogens with zero attached hydrogens (tertiary/aromatic N) is 1. The molecule has 0 bridgehead atoms. The molecule has 0 aliphatic heterocycles. The summed E-state index contributed by atoms with van der Waals surface area (Å²) in [6.07, 6.45) is 7.77. The Morgan fingerprint density at radius 1 is 1.24 bits per heavy atom. The highest BCUT2D eigenvalue weighted by atomic mass is 16.4. The molecule has 0 spiro atoms. The monoisotopic (exact) mass is 330 g/mol. The summed E-state index contributed by atoms with van der Waals surface area (Å²) in [5, 5.41) is 2.83. The van der Waals surface area contributed by atoms with Crippen molar-refractivity contribution in [1.29, 1.82) is 0 Å². The first-order chi connectivity index (χ1) is 12.1. The first kappa shape index (κ1) is 16.5. The summed E-state index contributed by atoms with van der Waals surface area (Å²) in [7, 11) is 0. The fraction of sp³-hybridized carbons (Fsp3) is 0.143. The molecule has 4 heteroatoms. The Bertz CT molecular complexity index is 918. The predicted molar refractivity (Wildman–Crippen MR) is 98.0 cm³/mol. The van der Waals surface area contributed by atoms with E-state index >= 15 is 0 Å². The van der Waals surface area contributed by atoms with Crippen LogP contribution in [0.15, 0.2) is 59.1 Å². The topological polar surface area (TPSA) is 55.1 Å². The molecule has 25 heavy (non-hydrogen) atoms. The molecule has 2 aromatic carbocycles. The van der Waals surface area contributed by atoms with Gasteiger partial charge in [-0.15, -0.1) is 6.42 Å². The minimum Gasteiger partial charge on any atom is -0.441 e. The van der Waals surface area contributed by atoms with E-state index in [1.165, 1.54) is 5.56 Å². The molecule has 0 saturated carbocycles. The molecule has 0 atom stereocenters. The second kappa shape index (κ2) is 7.50. The largest absolute Gasteiger partial charge is 0.441 e. The summed E-state index contributed by atoms with van der Waals surface area (Å²) < 4.78 is 5.73. The van der Waals surface area contributed by atoms with Crippen LogP contribution in [-0.2, 0) is 11.2 Å². The Hall–Kier alpha value is -3.32. The maximum atomic E-state index is 12.1. The lowest BCUT2D eigenvalue weighted by Crippen LogP contribution is -2.12. The number of aromatic nitrogens is 1. The fourth-order valence-corrected chi connectivity index (χ4v) is 2.41. The van der Waals surface area contributed by atoms with E-state index in [0.29, 0.717) is 23.8 Å². The van der Waals surface area contributed by atoms with Gasteiger partial charge < -0.3 is 9.73 Å². The van der Waals surface area contributed by atoms with Crippen molar-refractivity contribution in [2.45, 2.75) is 19.8 Å². The summed E-state index contributed by atoms with van der Waals surface area (Å²) in [5.74, 6) is 3.69. The molecule has 3 rings (SSSR count). The number of amides is 1. The molecule has 1 N–H and O–H groups in total. The number of carbonyl (C=O) groups is 1. The molecule has 4 nitrogen and oxygen atoms in total. The number of nitrogens with one attached hydrogen (secondary N) is 1. The Labute approximate surface area is 146 Å². The Balaban J connectivity index is 1.57. The van der Waals surface area contributed by atoms with E-state index in [4.69, 9.17) is 10.8 Å². The third-order valence-electron chi connectivity index (χ3n) is 3.77. The van der Waals surface area contributed by atoms with Gasteiger partial charge in [-0.1, -0.05) is 41.8 Å². The lowest BCUT2D eigenvalue weighted by atomic mass is 10.1. The fourth-order valence-electron chi connectivity index (χ4n) is 2.41. The number of aryl methyl sites for hydroxylation is 2. The van der Waals surface area contributed by atoms with Crippen LogP contribution < -0.4 is 5.32 Å². The minimum atomic E-state index is -0.107. The van der Waals surface area contributed by atoms with Crippen LogP contribution in [0.25, 0.3) is 11.3 Å². The zero-order valence-electron chi connectivity index (χ0n) is 14.0. The third-order valence-corrected chi connectivity index (χ3v) is 3.77. The smallest absolute Gasteiger partial charge is 0.224 e. The van der Waals surface area contributed by atoms with Gasteiger partial charge in [-0.2, -0.15) is 0 Å². The van der Waals surface area contributed by atoms with Crippen molar-refractivity contribution in [2.75, 3.05) is 5.32 Å². The Morgan fingerprint density at radius 2 is 2.04 bits per heavy atom. The summed E-state index contributed by atoms with van der Waals surface area (Å²) in [4.78, 5) is 16.3. The van der Waals surface area contributed by atoms with Crippen LogP contribution in [0.3, 0.4) is 0 Å². The summed E-state index contributed by atoms with van der Waals surface area (Å²) in [6, 6.07) is 15.2. The van der Waals surface area contributed by atoms with E-state index in [0.717, 1.165) is 11.1 Å². The van der Waals surface area contributed by atoms with Gasteiger partial charge in [0.25, 0.3) is 0 Å². The zero-order chi connectivity index (χ0) is 17.6. The maximum Gasteiger partial charge on any atom is 0.224 e. The van der Waals surface area contributed by atoms with E-state index in [2.05, 4.69) is 16.2 Å². The number of rotatable bonds is 5. The quantitative estimate of drug-likeness (QED) is 0.713. The highest BCUT2D eigenvalue weighted by Gasteiger charge is 2.09. The van der Waals surface area contributed by atoms with Gasteiger partial charge in [-0.05, 0) is 25.1 Å². The van der Waals surface area contributed by atoms with Crippen LogP contribution >= 0.6 is 0 Å². The first-order valence-electron chi connectivity index (χ1n) is 8.02. The number of oxazole rings is 1. The number of hydrogen-bond donors (Lipinski definition) is 1. The van der Waals surface area contributed by atoms with Crippen LogP contribution in [-0.4, -0.2) is 10.9 Å². The lowest BCUT2D eigenvalue weighted by molar-refractivity contribution is -0.116. The number of carbonyl (C=O) groups excluding carboxylic acids is 1. The normalized spacial score (nSPS) is 10.2. The third kappa shape index (κ3) is 4.36. The van der Waals surface area contributed by atoms with E-state index < -0.39 is 0 Å². The van der Waals surface area contributed by atoms with Crippen LogP contribution in [0.1, 0.15) is 23.4 Å². The molecule has 0 unspecified atom stereocenters. The van der Waals surface area contributed by atoms with Gasteiger partial charge in [0.15, 0.2) is 11.7 Å². The van der Waals surface area contributed by atoms with Gasteiger partial charge in [-0.25, -0.2) is 4.98 Å². The van der Waals surface area contributed by atoms with Gasteiger partial charge in [0.1, 0.15) is 0 Å².